The first-order valence-electron chi connectivity index (χ1n) is 9.23. The number of guanidine groups is 1. The molecular weight excluding hydrogens is 417 g/mol. The van der Waals surface area contributed by atoms with Gasteiger partial charge in [0, 0.05) is 52.9 Å². The summed E-state index contributed by atoms with van der Waals surface area (Å²) in [7, 11) is 3.62. The van der Waals surface area contributed by atoms with Gasteiger partial charge in [0.15, 0.2) is 5.96 Å². The Balaban J connectivity index is 0.00000288. The van der Waals surface area contributed by atoms with E-state index in [0.717, 1.165) is 51.3 Å². The van der Waals surface area contributed by atoms with Gasteiger partial charge in [-0.2, -0.15) is 0 Å². The van der Waals surface area contributed by atoms with Crippen LogP contribution in [0.4, 0.5) is 0 Å². The molecular formula is C17H36IN5O. The van der Waals surface area contributed by atoms with Crippen LogP contribution in [0.25, 0.3) is 0 Å². The Labute approximate surface area is 164 Å². The highest BCUT2D eigenvalue weighted by Gasteiger charge is 2.28. The fourth-order valence-electron chi connectivity index (χ4n) is 3.18. The molecule has 0 radical (unpaired) electrons. The van der Waals surface area contributed by atoms with Crippen LogP contribution in [0.1, 0.15) is 32.1 Å². The van der Waals surface area contributed by atoms with Gasteiger partial charge < -0.3 is 20.3 Å². The number of ether oxygens (including phenoxy) is 1. The van der Waals surface area contributed by atoms with E-state index in [1.807, 2.05) is 7.05 Å². The van der Waals surface area contributed by atoms with Gasteiger partial charge in [-0.05, 0) is 38.8 Å². The van der Waals surface area contributed by atoms with Crippen LogP contribution in [-0.2, 0) is 4.74 Å². The maximum Gasteiger partial charge on any atom is 0.191 e. The van der Waals surface area contributed by atoms with Crippen molar-refractivity contribution in [3.8, 4) is 0 Å². The molecule has 1 aliphatic heterocycles. The first-order chi connectivity index (χ1) is 11.3. The molecule has 0 atom stereocenters. The third-order valence-corrected chi connectivity index (χ3v) is 4.73. The van der Waals surface area contributed by atoms with Crippen LogP contribution in [0.5, 0.6) is 0 Å². The van der Waals surface area contributed by atoms with Gasteiger partial charge in [0.25, 0.3) is 0 Å². The van der Waals surface area contributed by atoms with Crippen molar-refractivity contribution in [1.29, 1.82) is 0 Å². The number of piperidine rings is 1. The standard InChI is InChI=1S/C17H35N5O.HI/c1-18-17(19-8-12-21-10-4-3-5-11-21)20-9-13-22(14-15-23-2)16-6-7-16;/h16H,3-15H2,1-2H3,(H2,18,19,20);1H. The lowest BCUT2D eigenvalue weighted by Gasteiger charge is -2.26. The van der Waals surface area contributed by atoms with Crippen molar-refractivity contribution < 1.29 is 4.74 Å². The molecule has 1 heterocycles. The fraction of sp³-hybridized carbons (Fsp3) is 0.941. The second kappa shape index (κ2) is 13.1. The Kier molecular flexibility index (Phi) is 12.0. The SMILES string of the molecule is CN=C(NCCN1CCCCC1)NCCN(CCOC)C1CC1.I. The summed E-state index contributed by atoms with van der Waals surface area (Å²) in [5, 5.41) is 6.87. The average Bonchev–Trinajstić information content (AvgIpc) is 3.42. The van der Waals surface area contributed by atoms with Crippen LogP contribution < -0.4 is 10.6 Å². The van der Waals surface area contributed by atoms with E-state index < -0.39 is 0 Å². The average molecular weight is 453 g/mol. The molecule has 0 aromatic heterocycles. The largest absolute Gasteiger partial charge is 0.383 e. The summed E-state index contributed by atoms with van der Waals surface area (Å²) in [6.07, 6.45) is 6.78. The summed E-state index contributed by atoms with van der Waals surface area (Å²) < 4.78 is 5.21. The number of halogens is 1. The lowest BCUT2D eigenvalue weighted by molar-refractivity contribution is 0.144. The van der Waals surface area contributed by atoms with Crippen molar-refractivity contribution in [3.05, 3.63) is 0 Å². The highest BCUT2D eigenvalue weighted by atomic mass is 127. The lowest BCUT2D eigenvalue weighted by atomic mass is 10.1. The Hall–Kier alpha value is -0.120. The summed E-state index contributed by atoms with van der Waals surface area (Å²) in [6.45, 7) is 8.43. The minimum atomic E-state index is 0. The first-order valence-corrected chi connectivity index (χ1v) is 9.23. The molecule has 0 unspecified atom stereocenters. The molecule has 0 aromatic rings. The van der Waals surface area contributed by atoms with Gasteiger partial charge >= 0.3 is 0 Å². The minimum absolute atomic E-state index is 0. The molecule has 2 N–H and O–H groups in total. The number of nitrogens with zero attached hydrogens (tertiary/aromatic N) is 3. The van der Waals surface area contributed by atoms with Gasteiger partial charge in [-0.3, -0.25) is 9.89 Å². The van der Waals surface area contributed by atoms with Gasteiger partial charge in [-0.25, -0.2) is 0 Å². The zero-order valence-electron chi connectivity index (χ0n) is 15.4. The zero-order chi connectivity index (χ0) is 16.3. The second-order valence-corrected chi connectivity index (χ2v) is 6.59. The van der Waals surface area contributed by atoms with Crippen LogP contribution >= 0.6 is 24.0 Å². The molecule has 2 fully saturated rings. The summed E-state index contributed by atoms with van der Waals surface area (Å²) in [5.41, 5.74) is 0. The maximum absolute atomic E-state index is 5.21. The molecule has 142 valence electrons. The van der Waals surface area contributed by atoms with Crippen molar-refractivity contribution in [2.45, 2.75) is 38.1 Å². The quantitative estimate of drug-likeness (QED) is 0.297. The normalized spacial score (nSPS) is 19.2. The second-order valence-electron chi connectivity index (χ2n) is 6.59. The van der Waals surface area contributed by atoms with Crippen LogP contribution in [-0.4, -0.2) is 88.4 Å². The molecule has 0 spiro atoms. The van der Waals surface area contributed by atoms with Gasteiger partial charge in [-0.1, -0.05) is 6.42 Å². The van der Waals surface area contributed by atoms with E-state index in [-0.39, 0.29) is 24.0 Å². The van der Waals surface area contributed by atoms with Crippen LogP contribution in [0.2, 0.25) is 0 Å². The number of rotatable bonds is 10. The third kappa shape index (κ3) is 8.82. The number of hydrogen-bond donors (Lipinski definition) is 2. The van der Waals surface area contributed by atoms with Crippen LogP contribution in [0.15, 0.2) is 4.99 Å². The number of aliphatic imine (C=N–C) groups is 1. The van der Waals surface area contributed by atoms with E-state index in [9.17, 15) is 0 Å². The van der Waals surface area contributed by atoms with Crippen LogP contribution in [0, 0.1) is 0 Å². The predicted molar refractivity (Wildman–Crippen MR) is 112 cm³/mol. The molecule has 0 amide bonds. The molecule has 7 heteroatoms. The van der Waals surface area contributed by atoms with E-state index >= 15 is 0 Å². The summed E-state index contributed by atoms with van der Waals surface area (Å²) >= 11 is 0. The molecule has 1 saturated carbocycles. The lowest BCUT2D eigenvalue weighted by Crippen LogP contribution is -2.45. The van der Waals surface area contributed by atoms with Crippen molar-refractivity contribution in [2.24, 2.45) is 4.99 Å². The molecule has 0 bridgehead atoms. The Morgan fingerprint density at radius 3 is 2.46 bits per heavy atom. The van der Waals surface area contributed by atoms with Crippen molar-refractivity contribution >= 4 is 29.9 Å². The molecule has 2 aliphatic rings. The van der Waals surface area contributed by atoms with Crippen LogP contribution in [0.3, 0.4) is 0 Å². The summed E-state index contributed by atoms with van der Waals surface area (Å²) in [6, 6.07) is 0.779. The first kappa shape index (κ1) is 21.9. The highest BCUT2D eigenvalue weighted by molar-refractivity contribution is 14.0. The monoisotopic (exact) mass is 453 g/mol. The van der Waals surface area contributed by atoms with Gasteiger partial charge in [0.2, 0.25) is 0 Å². The minimum Gasteiger partial charge on any atom is -0.383 e. The molecule has 1 saturated heterocycles. The molecule has 6 nitrogen and oxygen atoms in total. The zero-order valence-corrected chi connectivity index (χ0v) is 17.8. The van der Waals surface area contributed by atoms with Gasteiger partial charge in [0.1, 0.15) is 0 Å². The van der Waals surface area contributed by atoms with Crippen molar-refractivity contribution in [3.63, 3.8) is 0 Å². The van der Waals surface area contributed by atoms with Gasteiger partial charge in [0.05, 0.1) is 6.61 Å². The number of methoxy groups -OCH3 is 1. The summed E-state index contributed by atoms with van der Waals surface area (Å²) in [5.74, 6) is 0.921. The molecule has 1 aliphatic carbocycles. The Morgan fingerprint density at radius 1 is 1.12 bits per heavy atom. The maximum atomic E-state index is 5.21. The smallest absolute Gasteiger partial charge is 0.191 e. The van der Waals surface area contributed by atoms with Crippen molar-refractivity contribution in [1.82, 2.24) is 20.4 Å². The Morgan fingerprint density at radius 2 is 1.83 bits per heavy atom. The molecule has 24 heavy (non-hydrogen) atoms. The molecule has 2 rings (SSSR count). The number of likely N-dealkylation sites (tertiary alicyclic amines) is 1. The highest BCUT2D eigenvalue weighted by Crippen LogP contribution is 2.25. The summed E-state index contributed by atoms with van der Waals surface area (Å²) in [4.78, 5) is 9.39. The fourth-order valence-corrected chi connectivity index (χ4v) is 3.18. The van der Waals surface area contributed by atoms with E-state index in [1.54, 1.807) is 7.11 Å². The topological polar surface area (TPSA) is 52.1 Å². The van der Waals surface area contributed by atoms with E-state index in [2.05, 4.69) is 25.4 Å². The Bertz CT molecular complexity index is 346. The predicted octanol–water partition coefficient (Wildman–Crippen LogP) is 1.37. The van der Waals surface area contributed by atoms with Crippen molar-refractivity contribution in [2.75, 3.05) is 66.6 Å². The molecule has 0 aromatic carbocycles. The third-order valence-electron chi connectivity index (χ3n) is 4.73. The van der Waals surface area contributed by atoms with E-state index in [0.29, 0.717) is 0 Å². The van der Waals surface area contributed by atoms with Gasteiger partial charge in [-0.15, -0.1) is 24.0 Å². The number of hydrogen-bond acceptors (Lipinski definition) is 4. The number of nitrogens with one attached hydrogen (secondary N) is 2. The van der Waals surface area contributed by atoms with E-state index in [1.165, 1.54) is 45.2 Å². The van der Waals surface area contributed by atoms with E-state index in [4.69, 9.17) is 4.74 Å².